The number of amides is 2. The molecule has 2 heterocycles. The summed E-state index contributed by atoms with van der Waals surface area (Å²) in [6, 6.07) is 9.41. The standard InChI is InChI=1S/C16H20N6O2/c1-2-14-18-20-22(19-14)11-9-17-15(23)13-8-10-21(16(13)24)12-6-4-3-5-7-12/h3-7,13H,2,8-11H2,1H3,(H,17,23). The summed E-state index contributed by atoms with van der Waals surface area (Å²) in [6.07, 6.45) is 1.25. The quantitative estimate of drug-likeness (QED) is 0.775. The molecule has 0 spiro atoms. The lowest BCUT2D eigenvalue weighted by Gasteiger charge is -2.16. The number of hydrogen-bond acceptors (Lipinski definition) is 5. The predicted molar refractivity (Wildman–Crippen MR) is 87.1 cm³/mol. The zero-order chi connectivity index (χ0) is 16.9. The highest BCUT2D eigenvalue weighted by Gasteiger charge is 2.37. The summed E-state index contributed by atoms with van der Waals surface area (Å²) in [5.74, 6) is -0.342. The molecule has 1 aliphatic heterocycles. The van der Waals surface area contributed by atoms with Gasteiger partial charge in [-0.05, 0) is 23.8 Å². The molecule has 8 heteroatoms. The Hall–Kier alpha value is -2.77. The van der Waals surface area contributed by atoms with Crippen LogP contribution in [0.2, 0.25) is 0 Å². The molecule has 126 valence electrons. The van der Waals surface area contributed by atoms with E-state index < -0.39 is 5.92 Å². The number of hydrogen-bond donors (Lipinski definition) is 1. The Balaban J connectivity index is 1.51. The highest BCUT2D eigenvalue weighted by molar-refractivity contribution is 6.09. The first kappa shape index (κ1) is 16.1. The zero-order valence-corrected chi connectivity index (χ0v) is 13.6. The lowest BCUT2D eigenvalue weighted by atomic mass is 10.1. The molecule has 1 aromatic carbocycles. The number of tetrazole rings is 1. The number of para-hydroxylation sites is 1. The largest absolute Gasteiger partial charge is 0.353 e. The first-order chi connectivity index (χ1) is 11.7. The van der Waals surface area contributed by atoms with Crippen molar-refractivity contribution in [2.75, 3.05) is 18.0 Å². The number of aromatic nitrogens is 4. The minimum atomic E-state index is -0.625. The lowest BCUT2D eigenvalue weighted by Crippen LogP contribution is -2.38. The van der Waals surface area contributed by atoms with Gasteiger partial charge < -0.3 is 10.2 Å². The van der Waals surface area contributed by atoms with Crippen LogP contribution in [0.25, 0.3) is 0 Å². The Morgan fingerprint density at radius 2 is 2.12 bits per heavy atom. The van der Waals surface area contributed by atoms with E-state index in [9.17, 15) is 9.59 Å². The van der Waals surface area contributed by atoms with Gasteiger partial charge in [0.25, 0.3) is 0 Å². The fourth-order valence-corrected chi connectivity index (χ4v) is 2.70. The van der Waals surface area contributed by atoms with Gasteiger partial charge in [0.1, 0.15) is 5.92 Å². The topological polar surface area (TPSA) is 93.0 Å². The number of anilines is 1. The molecular weight excluding hydrogens is 308 g/mol. The van der Waals surface area contributed by atoms with Crippen molar-refractivity contribution in [3.8, 4) is 0 Å². The molecule has 3 rings (SSSR count). The summed E-state index contributed by atoms with van der Waals surface area (Å²) in [5.41, 5.74) is 0.830. The lowest BCUT2D eigenvalue weighted by molar-refractivity contribution is -0.132. The number of aryl methyl sites for hydroxylation is 1. The van der Waals surface area contributed by atoms with E-state index in [0.717, 1.165) is 12.1 Å². The van der Waals surface area contributed by atoms with Gasteiger partial charge in [0.2, 0.25) is 11.8 Å². The van der Waals surface area contributed by atoms with Crippen molar-refractivity contribution in [1.82, 2.24) is 25.5 Å². The van der Waals surface area contributed by atoms with Crippen molar-refractivity contribution in [2.45, 2.75) is 26.3 Å². The van der Waals surface area contributed by atoms with Crippen LogP contribution in [0.3, 0.4) is 0 Å². The van der Waals surface area contributed by atoms with Crippen LogP contribution in [0.5, 0.6) is 0 Å². The van der Waals surface area contributed by atoms with Crippen LogP contribution in [-0.2, 0) is 22.6 Å². The van der Waals surface area contributed by atoms with Crippen LogP contribution in [0.4, 0.5) is 5.69 Å². The molecule has 2 aromatic rings. The predicted octanol–water partition coefficient (Wildman–Crippen LogP) is 0.405. The third-order valence-corrected chi connectivity index (χ3v) is 4.01. The Morgan fingerprint density at radius 3 is 2.83 bits per heavy atom. The van der Waals surface area contributed by atoms with Gasteiger partial charge in [0.15, 0.2) is 5.82 Å². The van der Waals surface area contributed by atoms with Crippen molar-refractivity contribution in [3.05, 3.63) is 36.2 Å². The van der Waals surface area contributed by atoms with E-state index in [1.807, 2.05) is 37.3 Å². The Labute approximate surface area is 139 Å². The molecular formula is C16H20N6O2. The number of rotatable bonds is 6. The molecule has 0 saturated carbocycles. The Kier molecular flexibility index (Phi) is 4.83. The van der Waals surface area contributed by atoms with Gasteiger partial charge >= 0.3 is 0 Å². The maximum absolute atomic E-state index is 12.4. The third-order valence-electron chi connectivity index (χ3n) is 4.01. The monoisotopic (exact) mass is 328 g/mol. The van der Waals surface area contributed by atoms with E-state index in [2.05, 4.69) is 20.7 Å². The molecule has 0 aliphatic carbocycles. The van der Waals surface area contributed by atoms with Gasteiger partial charge in [0, 0.05) is 25.2 Å². The smallest absolute Gasteiger partial charge is 0.239 e. The third kappa shape index (κ3) is 3.42. The maximum Gasteiger partial charge on any atom is 0.239 e. The van der Waals surface area contributed by atoms with E-state index in [1.54, 1.807) is 4.90 Å². The van der Waals surface area contributed by atoms with Crippen molar-refractivity contribution < 1.29 is 9.59 Å². The van der Waals surface area contributed by atoms with E-state index >= 15 is 0 Å². The summed E-state index contributed by atoms with van der Waals surface area (Å²) in [6.45, 7) is 3.31. The average Bonchev–Trinajstić information content (AvgIpc) is 3.22. The first-order valence-electron chi connectivity index (χ1n) is 8.10. The van der Waals surface area contributed by atoms with Gasteiger partial charge in [-0.25, -0.2) is 0 Å². The fraction of sp³-hybridized carbons (Fsp3) is 0.438. The van der Waals surface area contributed by atoms with Gasteiger partial charge in [-0.3, -0.25) is 9.59 Å². The molecule has 1 atom stereocenters. The Bertz CT molecular complexity index is 714. The van der Waals surface area contributed by atoms with Crippen LogP contribution in [-0.4, -0.2) is 45.1 Å². The van der Waals surface area contributed by atoms with Crippen molar-refractivity contribution in [3.63, 3.8) is 0 Å². The number of nitrogens with zero attached hydrogens (tertiary/aromatic N) is 5. The van der Waals surface area contributed by atoms with Gasteiger partial charge in [-0.15, -0.1) is 10.2 Å². The molecule has 1 aromatic heterocycles. The summed E-state index contributed by atoms with van der Waals surface area (Å²) in [5, 5.41) is 14.7. The van der Waals surface area contributed by atoms with Gasteiger partial charge in [-0.1, -0.05) is 25.1 Å². The summed E-state index contributed by atoms with van der Waals surface area (Å²) >= 11 is 0. The average molecular weight is 328 g/mol. The van der Waals surface area contributed by atoms with Crippen LogP contribution in [0.15, 0.2) is 30.3 Å². The fourth-order valence-electron chi connectivity index (χ4n) is 2.70. The summed E-state index contributed by atoms with van der Waals surface area (Å²) in [4.78, 5) is 27.8. The van der Waals surface area contributed by atoms with Crippen molar-refractivity contribution in [2.24, 2.45) is 5.92 Å². The normalized spacial score (nSPS) is 17.3. The molecule has 0 radical (unpaired) electrons. The molecule has 1 saturated heterocycles. The second-order valence-electron chi connectivity index (χ2n) is 5.61. The van der Waals surface area contributed by atoms with Crippen LogP contribution in [0, 0.1) is 5.92 Å². The van der Waals surface area contributed by atoms with E-state index in [1.165, 1.54) is 4.80 Å². The Morgan fingerprint density at radius 1 is 1.33 bits per heavy atom. The summed E-state index contributed by atoms with van der Waals surface area (Å²) < 4.78 is 0. The number of carbonyl (C=O) groups is 2. The SMILES string of the molecule is CCc1nnn(CCNC(=O)C2CCN(c3ccccc3)C2=O)n1. The molecule has 1 N–H and O–H groups in total. The van der Waals surface area contributed by atoms with Crippen LogP contribution >= 0.6 is 0 Å². The van der Waals surface area contributed by atoms with Gasteiger partial charge in [-0.2, -0.15) is 4.80 Å². The molecule has 0 bridgehead atoms. The molecule has 1 fully saturated rings. The van der Waals surface area contributed by atoms with Crippen LogP contribution < -0.4 is 10.2 Å². The minimum absolute atomic E-state index is 0.147. The van der Waals surface area contributed by atoms with Crippen molar-refractivity contribution >= 4 is 17.5 Å². The molecule has 1 unspecified atom stereocenters. The number of carbonyl (C=O) groups excluding carboxylic acids is 2. The molecule has 1 aliphatic rings. The maximum atomic E-state index is 12.4. The highest BCUT2D eigenvalue weighted by atomic mass is 16.2. The zero-order valence-electron chi connectivity index (χ0n) is 13.6. The molecule has 2 amide bonds. The second-order valence-corrected chi connectivity index (χ2v) is 5.61. The highest BCUT2D eigenvalue weighted by Crippen LogP contribution is 2.24. The van der Waals surface area contributed by atoms with Gasteiger partial charge in [0.05, 0.1) is 6.54 Å². The van der Waals surface area contributed by atoms with Crippen LogP contribution in [0.1, 0.15) is 19.2 Å². The minimum Gasteiger partial charge on any atom is -0.353 e. The van der Waals surface area contributed by atoms with Crippen molar-refractivity contribution in [1.29, 1.82) is 0 Å². The number of nitrogens with one attached hydrogen (secondary N) is 1. The molecule has 8 nitrogen and oxygen atoms in total. The van der Waals surface area contributed by atoms with E-state index in [-0.39, 0.29) is 11.8 Å². The van der Waals surface area contributed by atoms with E-state index in [0.29, 0.717) is 31.9 Å². The molecule has 24 heavy (non-hydrogen) atoms. The first-order valence-corrected chi connectivity index (χ1v) is 8.10. The second kappa shape index (κ2) is 7.20. The summed E-state index contributed by atoms with van der Waals surface area (Å²) in [7, 11) is 0. The number of benzene rings is 1. The van der Waals surface area contributed by atoms with E-state index in [4.69, 9.17) is 0 Å².